The predicted octanol–water partition coefficient (Wildman–Crippen LogP) is 0.364. The van der Waals surface area contributed by atoms with Crippen LogP contribution in [0, 0.1) is 10.1 Å². The lowest BCUT2D eigenvalue weighted by atomic mass is 9.98. The van der Waals surface area contributed by atoms with E-state index in [0.717, 1.165) is 12.2 Å². The number of hydrogen-bond acceptors (Lipinski definition) is 6. The summed E-state index contributed by atoms with van der Waals surface area (Å²) in [6.45, 7) is 0. The molecule has 1 rings (SSSR count). The van der Waals surface area contributed by atoms with E-state index in [4.69, 9.17) is 5.11 Å². The minimum Gasteiger partial charge on any atom is -0.507 e. The molecule has 1 atom stereocenters. The molecule has 0 saturated heterocycles. The predicted molar refractivity (Wildman–Crippen MR) is 52.1 cm³/mol. The normalized spacial score (nSPS) is 25.7. The van der Waals surface area contributed by atoms with Crippen molar-refractivity contribution in [2.45, 2.75) is 12.1 Å². The van der Waals surface area contributed by atoms with Crippen LogP contribution < -0.4 is 0 Å². The van der Waals surface area contributed by atoms with Crippen LogP contribution in [-0.2, 0) is 4.79 Å². The van der Waals surface area contributed by atoms with E-state index in [0.29, 0.717) is 6.08 Å². The molecule has 1 aliphatic rings. The van der Waals surface area contributed by atoms with Gasteiger partial charge in [0.25, 0.3) is 0 Å². The highest BCUT2D eigenvalue weighted by Gasteiger charge is 2.40. The number of aldehydes is 1. The lowest BCUT2D eigenvalue weighted by Crippen LogP contribution is -2.37. The molecule has 0 spiro atoms. The Balaban J connectivity index is 3.00. The Hall–Kier alpha value is -2.15. The Morgan fingerprint density at radius 3 is 2.69 bits per heavy atom. The van der Waals surface area contributed by atoms with Crippen LogP contribution in [0.25, 0.3) is 0 Å². The van der Waals surface area contributed by atoms with Gasteiger partial charge in [0.05, 0.1) is 17.4 Å². The number of aliphatic hydroxyl groups is 3. The van der Waals surface area contributed by atoms with Crippen LogP contribution in [-0.4, -0.2) is 32.3 Å². The summed E-state index contributed by atoms with van der Waals surface area (Å²) in [4.78, 5) is 19.6. The molecule has 0 bridgehead atoms. The van der Waals surface area contributed by atoms with Gasteiger partial charge in [-0.25, -0.2) is 0 Å². The van der Waals surface area contributed by atoms with Crippen LogP contribution in [0.1, 0.15) is 6.42 Å². The number of nitro groups is 1. The van der Waals surface area contributed by atoms with Gasteiger partial charge in [0.1, 0.15) is 5.76 Å². The van der Waals surface area contributed by atoms with Crippen LogP contribution in [0.2, 0.25) is 0 Å². The summed E-state index contributed by atoms with van der Waals surface area (Å²) in [6, 6.07) is 0. The minimum absolute atomic E-state index is 0.0381. The van der Waals surface area contributed by atoms with Crippen molar-refractivity contribution in [2.75, 3.05) is 0 Å². The van der Waals surface area contributed by atoms with Gasteiger partial charge in [-0.15, -0.1) is 0 Å². The molecule has 0 aromatic carbocycles. The van der Waals surface area contributed by atoms with E-state index >= 15 is 0 Å². The molecule has 86 valence electrons. The highest BCUT2D eigenvalue weighted by atomic mass is 16.7. The third-order valence-electron chi connectivity index (χ3n) is 2.03. The maximum absolute atomic E-state index is 10.5. The monoisotopic (exact) mass is 227 g/mol. The Morgan fingerprint density at radius 2 is 2.25 bits per heavy atom. The smallest absolute Gasteiger partial charge is 0.349 e. The van der Waals surface area contributed by atoms with Crippen molar-refractivity contribution < 1.29 is 25.0 Å². The zero-order valence-corrected chi connectivity index (χ0v) is 8.03. The fraction of sp³-hybridized carbons (Fsp3) is 0.222. The number of rotatable bonds is 3. The Bertz CT molecular complexity index is 422. The zero-order valence-electron chi connectivity index (χ0n) is 8.03. The SMILES string of the molecule is O=CC(O)=CC1=CCC(O)([N+](=O)[O-])C=C1O. The maximum atomic E-state index is 10.5. The second-order valence-electron chi connectivity index (χ2n) is 3.22. The van der Waals surface area contributed by atoms with Gasteiger partial charge in [-0.05, 0) is 6.08 Å². The second kappa shape index (κ2) is 4.15. The van der Waals surface area contributed by atoms with Gasteiger partial charge in [-0.3, -0.25) is 14.9 Å². The van der Waals surface area contributed by atoms with Crippen molar-refractivity contribution in [1.29, 1.82) is 0 Å². The van der Waals surface area contributed by atoms with Crippen molar-refractivity contribution >= 4 is 6.29 Å². The molecule has 7 nitrogen and oxygen atoms in total. The average molecular weight is 227 g/mol. The summed E-state index contributed by atoms with van der Waals surface area (Å²) in [5, 5.41) is 38.1. The number of allylic oxidation sites excluding steroid dienone is 2. The second-order valence-corrected chi connectivity index (χ2v) is 3.22. The molecule has 0 radical (unpaired) electrons. The third-order valence-corrected chi connectivity index (χ3v) is 2.03. The van der Waals surface area contributed by atoms with Gasteiger partial charge in [0.2, 0.25) is 0 Å². The Kier molecular flexibility index (Phi) is 3.09. The van der Waals surface area contributed by atoms with Gasteiger partial charge in [-0.2, -0.15) is 0 Å². The number of aliphatic hydroxyl groups excluding tert-OH is 2. The van der Waals surface area contributed by atoms with Crippen LogP contribution in [0.4, 0.5) is 0 Å². The van der Waals surface area contributed by atoms with E-state index in [2.05, 4.69) is 0 Å². The third kappa shape index (κ3) is 2.26. The molecule has 1 aliphatic carbocycles. The molecule has 0 aromatic rings. The minimum atomic E-state index is -2.35. The van der Waals surface area contributed by atoms with E-state index in [1.54, 1.807) is 0 Å². The molecule has 0 fully saturated rings. The van der Waals surface area contributed by atoms with E-state index in [9.17, 15) is 25.1 Å². The van der Waals surface area contributed by atoms with Crippen LogP contribution >= 0.6 is 0 Å². The van der Waals surface area contributed by atoms with Crippen LogP contribution in [0.3, 0.4) is 0 Å². The van der Waals surface area contributed by atoms with Crippen molar-refractivity contribution in [3.63, 3.8) is 0 Å². The summed E-state index contributed by atoms with van der Waals surface area (Å²) in [5.74, 6) is -1.20. The standard InChI is InChI=1S/C9H9NO6/c11-5-7(12)3-6-1-2-9(14,10(15)16)4-8(6)13/h1,3-5,12-14H,2H2. The first-order valence-electron chi connectivity index (χ1n) is 4.24. The molecular formula is C9H9NO6. The highest BCUT2D eigenvalue weighted by molar-refractivity contribution is 5.71. The summed E-state index contributed by atoms with van der Waals surface area (Å²) < 4.78 is 0. The average Bonchev–Trinajstić information content (AvgIpc) is 2.22. The van der Waals surface area contributed by atoms with Gasteiger partial charge in [-0.1, -0.05) is 6.08 Å². The lowest BCUT2D eigenvalue weighted by Gasteiger charge is -2.18. The largest absolute Gasteiger partial charge is 0.507 e. The fourth-order valence-corrected chi connectivity index (χ4v) is 1.18. The topological polar surface area (TPSA) is 121 Å². The zero-order chi connectivity index (χ0) is 12.3. The molecule has 0 heterocycles. The molecule has 1 unspecified atom stereocenters. The van der Waals surface area contributed by atoms with Crippen molar-refractivity contribution in [1.82, 2.24) is 0 Å². The first kappa shape index (κ1) is 11.9. The molecule has 16 heavy (non-hydrogen) atoms. The van der Waals surface area contributed by atoms with Gasteiger partial charge >= 0.3 is 5.72 Å². The first-order valence-corrected chi connectivity index (χ1v) is 4.24. The van der Waals surface area contributed by atoms with E-state index in [1.165, 1.54) is 0 Å². The molecular weight excluding hydrogens is 218 g/mol. The first-order chi connectivity index (χ1) is 7.39. The highest BCUT2D eigenvalue weighted by Crippen LogP contribution is 2.26. The fourth-order valence-electron chi connectivity index (χ4n) is 1.18. The van der Waals surface area contributed by atoms with Crippen molar-refractivity contribution in [3.8, 4) is 0 Å². The number of hydrogen-bond donors (Lipinski definition) is 3. The summed E-state index contributed by atoms with van der Waals surface area (Å²) in [5.41, 5.74) is -2.31. The van der Waals surface area contributed by atoms with Crippen molar-refractivity contribution in [3.05, 3.63) is 45.4 Å². The lowest BCUT2D eigenvalue weighted by molar-refractivity contribution is -0.607. The number of carbonyl (C=O) groups is 1. The maximum Gasteiger partial charge on any atom is 0.349 e. The Morgan fingerprint density at radius 1 is 1.62 bits per heavy atom. The van der Waals surface area contributed by atoms with Crippen molar-refractivity contribution in [2.24, 2.45) is 0 Å². The summed E-state index contributed by atoms with van der Waals surface area (Å²) in [6.07, 6.45) is 2.54. The molecule has 0 aliphatic heterocycles. The molecule has 0 amide bonds. The van der Waals surface area contributed by atoms with Gasteiger partial charge in [0, 0.05) is 5.57 Å². The summed E-state index contributed by atoms with van der Waals surface area (Å²) in [7, 11) is 0. The number of nitrogens with zero attached hydrogens (tertiary/aromatic N) is 1. The van der Waals surface area contributed by atoms with E-state index in [1.807, 2.05) is 0 Å². The van der Waals surface area contributed by atoms with E-state index in [-0.39, 0.29) is 18.3 Å². The molecule has 3 N–H and O–H groups in total. The Labute approximate surface area is 89.8 Å². The summed E-state index contributed by atoms with van der Waals surface area (Å²) >= 11 is 0. The van der Waals surface area contributed by atoms with Crippen LogP contribution in [0.15, 0.2) is 35.3 Å². The molecule has 0 saturated carbocycles. The van der Waals surface area contributed by atoms with Crippen LogP contribution in [0.5, 0.6) is 0 Å². The van der Waals surface area contributed by atoms with Gasteiger partial charge in [0.15, 0.2) is 12.0 Å². The molecule has 0 aromatic heterocycles. The molecule has 7 heteroatoms. The van der Waals surface area contributed by atoms with E-state index < -0.39 is 22.2 Å². The quantitative estimate of drug-likeness (QED) is 0.160. The number of carbonyl (C=O) groups excluding carboxylic acids is 1. The van der Waals surface area contributed by atoms with Gasteiger partial charge < -0.3 is 15.3 Å².